The Kier molecular flexibility index (Phi) is 3.31. The molecule has 0 aliphatic heterocycles. The van der Waals surface area contributed by atoms with Crippen molar-refractivity contribution in [3.8, 4) is 11.3 Å². The lowest BCUT2D eigenvalue weighted by molar-refractivity contribution is -0.143. The Labute approximate surface area is 110 Å². The second-order valence-electron chi connectivity index (χ2n) is 4.30. The third-order valence-electron chi connectivity index (χ3n) is 2.83. The van der Waals surface area contributed by atoms with Gasteiger partial charge in [-0.25, -0.2) is 0 Å². The lowest BCUT2D eigenvalue weighted by Crippen LogP contribution is -2.11. The molecule has 0 saturated carbocycles. The van der Waals surface area contributed by atoms with Gasteiger partial charge in [-0.05, 0) is 35.9 Å². The van der Waals surface area contributed by atoms with E-state index in [0.29, 0.717) is 12.1 Å². The van der Waals surface area contributed by atoms with Crippen LogP contribution in [0.25, 0.3) is 11.3 Å². The Balaban J connectivity index is 2.67. The molecule has 0 spiro atoms. The number of halogens is 6. The van der Waals surface area contributed by atoms with Crippen molar-refractivity contribution in [3.63, 3.8) is 0 Å². The molecule has 0 amide bonds. The van der Waals surface area contributed by atoms with Crippen molar-refractivity contribution in [2.45, 2.75) is 12.4 Å². The molecule has 20 heavy (non-hydrogen) atoms. The van der Waals surface area contributed by atoms with Gasteiger partial charge in [0.1, 0.15) is 0 Å². The predicted octanol–water partition coefficient (Wildman–Crippen LogP) is 4.73. The summed E-state index contributed by atoms with van der Waals surface area (Å²) < 4.78 is 77.7. The molecule has 7 heteroatoms. The van der Waals surface area contributed by atoms with Crippen molar-refractivity contribution in [1.29, 1.82) is 0 Å². The first-order valence-corrected chi connectivity index (χ1v) is 5.50. The van der Waals surface area contributed by atoms with Gasteiger partial charge in [0.25, 0.3) is 0 Å². The zero-order valence-electron chi connectivity index (χ0n) is 10.2. The highest BCUT2D eigenvalue weighted by Gasteiger charge is 2.37. The maximum absolute atomic E-state index is 12.7. The predicted molar refractivity (Wildman–Crippen MR) is 60.9 cm³/mol. The van der Waals surface area contributed by atoms with Crippen LogP contribution in [-0.4, -0.2) is 4.57 Å². The minimum Gasteiger partial charge on any atom is -0.351 e. The van der Waals surface area contributed by atoms with Crippen LogP contribution >= 0.6 is 0 Å². The van der Waals surface area contributed by atoms with E-state index in [-0.39, 0.29) is 17.3 Å². The second-order valence-corrected chi connectivity index (χ2v) is 4.30. The van der Waals surface area contributed by atoms with Gasteiger partial charge in [-0.15, -0.1) is 0 Å². The summed E-state index contributed by atoms with van der Waals surface area (Å²) in [5, 5.41) is 0. The summed E-state index contributed by atoms with van der Waals surface area (Å²) in [6.07, 6.45) is -8.12. The molecular weight excluding hydrogens is 284 g/mol. The number of hydrogen-bond donors (Lipinski definition) is 0. The number of aryl methyl sites for hydroxylation is 1. The minimum absolute atomic E-state index is 0.118. The van der Waals surface area contributed by atoms with Gasteiger partial charge in [0.15, 0.2) is 0 Å². The monoisotopic (exact) mass is 293 g/mol. The van der Waals surface area contributed by atoms with Crippen molar-refractivity contribution in [3.05, 3.63) is 47.7 Å². The maximum Gasteiger partial charge on any atom is 0.416 e. The van der Waals surface area contributed by atoms with E-state index in [2.05, 4.69) is 0 Å². The molecule has 2 rings (SSSR count). The highest BCUT2D eigenvalue weighted by Crippen LogP contribution is 2.38. The van der Waals surface area contributed by atoms with Gasteiger partial charge in [-0.3, -0.25) is 0 Å². The molecule has 2 aromatic rings. The summed E-state index contributed by atoms with van der Waals surface area (Å²) in [6, 6.07) is 4.54. The number of hydrogen-bond acceptors (Lipinski definition) is 0. The summed E-state index contributed by atoms with van der Waals surface area (Å²) in [5.74, 6) is 0. The fourth-order valence-corrected chi connectivity index (χ4v) is 1.86. The summed E-state index contributed by atoms with van der Waals surface area (Å²) >= 11 is 0. The van der Waals surface area contributed by atoms with Gasteiger partial charge in [-0.2, -0.15) is 26.3 Å². The number of aromatic nitrogens is 1. The normalized spacial score (nSPS) is 12.8. The molecule has 1 aromatic heterocycles. The van der Waals surface area contributed by atoms with E-state index in [1.54, 1.807) is 19.3 Å². The topological polar surface area (TPSA) is 4.93 Å². The number of nitrogens with zero attached hydrogens (tertiary/aromatic N) is 1. The number of rotatable bonds is 1. The Morgan fingerprint density at radius 2 is 1.35 bits per heavy atom. The lowest BCUT2D eigenvalue weighted by atomic mass is 10.0. The Bertz CT molecular complexity index is 588. The molecule has 1 aromatic carbocycles. The molecule has 1 heterocycles. The molecule has 0 fully saturated rings. The van der Waals surface area contributed by atoms with Crippen molar-refractivity contribution in [2.75, 3.05) is 0 Å². The molecule has 0 radical (unpaired) electrons. The van der Waals surface area contributed by atoms with Crippen LogP contribution < -0.4 is 0 Å². The fraction of sp³-hybridized carbons (Fsp3) is 0.231. The van der Waals surface area contributed by atoms with Gasteiger partial charge in [-0.1, -0.05) is 0 Å². The van der Waals surface area contributed by atoms with Crippen LogP contribution in [0.15, 0.2) is 36.5 Å². The van der Waals surface area contributed by atoms with Crippen LogP contribution in [0, 0.1) is 0 Å². The van der Waals surface area contributed by atoms with Gasteiger partial charge in [0, 0.05) is 18.9 Å². The smallest absolute Gasteiger partial charge is 0.351 e. The van der Waals surface area contributed by atoms with E-state index in [4.69, 9.17) is 0 Å². The van der Waals surface area contributed by atoms with Crippen molar-refractivity contribution < 1.29 is 26.3 Å². The van der Waals surface area contributed by atoms with E-state index in [1.807, 2.05) is 0 Å². The maximum atomic E-state index is 12.7. The summed E-state index contributed by atoms with van der Waals surface area (Å²) in [7, 11) is 1.54. The molecule has 1 nitrogen and oxygen atoms in total. The Hall–Kier alpha value is -1.92. The molecular formula is C13H9F6N. The van der Waals surface area contributed by atoms with E-state index >= 15 is 0 Å². The van der Waals surface area contributed by atoms with Gasteiger partial charge >= 0.3 is 12.4 Å². The Morgan fingerprint density at radius 3 is 1.70 bits per heavy atom. The van der Waals surface area contributed by atoms with E-state index in [1.165, 1.54) is 10.6 Å². The molecule has 0 aliphatic rings. The minimum atomic E-state index is -4.83. The second kappa shape index (κ2) is 4.57. The molecule has 0 N–H and O–H groups in total. The first-order valence-electron chi connectivity index (χ1n) is 5.50. The average molecular weight is 293 g/mol. The highest BCUT2D eigenvalue weighted by molar-refractivity contribution is 5.63. The molecule has 0 saturated heterocycles. The summed E-state index contributed by atoms with van der Waals surface area (Å²) in [6.45, 7) is 0. The standard InChI is InChI=1S/C13H9F6N/c1-20-4-2-3-11(20)8-5-9(12(14,15)16)7-10(6-8)13(17,18)19/h2-7H,1H3. The third kappa shape index (κ3) is 2.81. The van der Waals surface area contributed by atoms with Crippen LogP contribution in [0.2, 0.25) is 0 Å². The van der Waals surface area contributed by atoms with Crippen LogP contribution in [0.5, 0.6) is 0 Å². The fourth-order valence-electron chi connectivity index (χ4n) is 1.86. The van der Waals surface area contributed by atoms with Crippen LogP contribution in [0.1, 0.15) is 11.1 Å². The third-order valence-corrected chi connectivity index (χ3v) is 2.83. The van der Waals surface area contributed by atoms with Gasteiger partial charge in [0.2, 0.25) is 0 Å². The zero-order valence-corrected chi connectivity index (χ0v) is 10.2. The van der Waals surface area contributed by atoms with Crippen molar-refractivity contribution in [2.24, 2.45) is 7.05 Å². The summed E-state index contributed by atoms with van der Waals surface area (Å²) in [4.78, 5) is 0. The largest absolute Gasteiger partial charge is 0.416 e. The van der Waals surface area contributed by atoms with Crippen molar-refractivity contribution in [1.82, 2.24) is 4.57 Å². The average Bonchev–Trinajstić information content (AvgIpc) is 2.72. The zero-order chi connectivity index (χ0) is 15.1. The first kappa shape index (κ1) is 14.5. The van der Waals surface area contributed by atoms with Crippen molar-refractivity contribution >= 4 is 0 Å². The number of alkyl halides is 6. The van der Waals surface area contributed by atoms with E-state index in [9.17, 15) is 26.3 Å². The van der Waals surface area contributed by atoms with Gasteiger partial charge < -0.3 is 4.57 Å². The Morgan fingerprint density at radius 1 is 0.850 bits per heavy atom. The molecule has 0 atom stereocenters. The molecule has 0 bridgehead atoms. The summed E-state index contributed by atoms with van der Waals surface area (Å²) in [5.41, 5.74) is -2.48. The highest BCUT2D eigenvalue weighted by atomic mass is 19.4. The van der Waals surface area contributed by atoms with Crippen LogP contribution in [-0.2, 0) is 19.4 Å². The van der Waals surface area contributed by atoms with E-state index in [0.717, 1.165) is 0 Å². The van der Waals surface area contributed by atoms with Gasteiger partial charge in [0.05, 0.1) is 11.1 Å². The van der Waals surface area contributed by atoms with E-state index < -0.39 is 23.5 Å². The molecule has 0 unspecified atom stereocenters. The SMILES string of the molecule is Cn1cccc1-c1cc(C(F)(F)F)cc(C(F)(F)F)c1. The molecule has 0 aliphatic carbocycles. The number of benzene rings is 1. The quantitative estimate of drug-likeness (QED) is 0.670. The van der Waals surface area contributed by atoms with Crippen LogP contribution in [0.4, 0.5) is 26.3 Å². The lowest BCUT2D eigenvalue weighted by Gasteiger charge is -2.14. The van der Waals surface area contributed by atoms with Crippen LogP contribution in [0.3, 0.4) is 0 Å². The molecule has 108 valence electrons. The first-order chi connectivity index (χ1) is 9.09.